The summed E-state index contributed by atoms with van der Waals surface area (Å²) >= 11 is 5.11. The minimum atomic E-state index is 0.673. The Morgan fingerprint density at radius 1 is 1.18 bits per heavy atom. The minimum absolute atomic E-state index is 0.673. The van der Waals surface area contributed by atoms with E-state index in [1.165, 1.54) is 6.42 Å². The summed E-state index contributed by atoms with van der Waals surface area (Å²) in [5.74, 6) is 0. The van der Waals surface area contributed by atoms with Gasteiger partial charge in [0.1, 0.15) is 5.01 Å². The molecule has 0 unspecified atom stereocenters. The van der Waals surface area contributed by atoms with Crippen LogP contribution in [-0.2, 0) is 13.0 Å². The lowest BCUT2D eigenvalue weighted by atomic mass is 10.2. The Morgan fingerprint density at radius 2 is 2.00 bits per heavy atom. The highest BCUT2D eigenvalue weighted by atomic mass is 79.9. The Kier molecular flexibility index (Phi) is 5.00. The molecule has 0 saturated heterocycles. The molecule has 0 saturated carbocycles. The van der Waals surface area contributed by atoms with Gasteiger partial charge in [-0.15, -0.1) is 16.4 Å². The van der Waals surface area contributed by atoms with E-state index in [4.69, 9.17) is 4.98 Å². The highest BCUT2D eigenvalue weighted by Crippen LogP contribution is 2.25. The van der Waals surface area contributed by atoms with Gasteiger partial charge in [-0.05, 0) is 25.0 Å². The van der Waals surface area contributed by atoms with Gasteiger partial charge in [0, 0.05) is 21.6 Å². The maximum Gasteiger partial charge on any atom is 0.123 e. The van der Waals surface area contributed by atoms with Gasteiger partial charge in [-0.25, -0.2) is 9.67 Å². The van der Waals surface area contributed by atoms with Crippen LogP contribution in [-0.4, -0.2) is 20.0 Å². The molecule has 6 heteroatoms. The lowest BCUT2D eigenvalue weighted by molar-refractivity contribution is 0.640. The summed E-state index contributed by atoms with van der Waals surface area (Å²) in [5.41, 5.74) is 3.22. The molecule has 1 aromatic carbocycles. The van der Waals surface area contributed by atoms with Crippen molar-refractivity contribution in [2.24, 2.45) is 0 Å². The number of aryl methyl sites for hydroxylation is 1. The molecule has 0 aliphatic heterocycles. The zero-order valence-electron chi connectivity index (χ0n) is 12.4. The van der Waals surface area contributed by atoms with Crippen molar-refractivity contribution < 1.29 is 0 Å². The van der Waals surface area contributed by atoms with Crippen LogP contribution in [0, 0.1) is 0 Å². The number of rotatable bonds is 6. The monoisotopic (exact) mass is 376 g/mol. The predicted molar refractivity (Wildman–Crippen MR) is 93.0 cm³/mol. The van der Waals surface area contributed by atoms with Crippen molar-refractivity contribution in [2.45, 2.75) is 32.7 Å². The van der Waals surface area contributed by atoms with E-state index in [1.807, 2.05) is 23.0 Å². The molecule has 2 heterocycles. The smallest absolute Gasteiger partial charge is 0.123 e. The van der Waals surface area contributed by atoms with Crippen LogP contribution in [0.1, 0.15) is 31.2 Å². The van der Waals surface area contributed by atoms with Gasteiger partial charge < -0.3 is 0 Å². The maximum atomic E-state index is 4.69. The molecule has 3 rings (SSSR count). The van der Waals surface area contributed by atoms with E-state index >= 15 is 0 Å². The molecule has 0 aliphatic carbocycles. The summed E-state index contributed by atoms with van der Waals surface area (Å²) < 4.78 is 2.95. The van der Waals surface area contributed by atoms with Crippen molar-refractivity contribution in [3.05, 3.63) is 51.7 Å². The number of unbranched alkanes of at least 4 members (excludes halogenated alkanes) is 1. The summed E-state index contributed by atoms with van der Waals surface area (Å²) in [6, 6.07) is 8.22. The average molecular weight is 377 g/mol. The fourth-order valence-electron chi connectivity index (χ4n) is 2.16. The largest absolute Gasteiger partial charge is 0.246 e. The average Bonchev–Trinajstić information content (AvgIpc) is 3.16. The Labute approximate surface area is 142 Å². The molecule has 0 atom stereocenters. The first-order valence-corrected chi connectivity index (χ1v) is 9.01. The van der Waals surface area contributed by atoms with E-state index in [9.17, 15) is 0 Å². The molecule has 0 N–H and O–H groups in total. The highest BCUT2D eigenvalue weighted by Gasteiger charge is 2.07. The van der Waals surface area contributed by atoms with Gasteiger partial charge in [-0.2, -0.15) is 0 Å². The Morgan fingerprint density at radius 3 is 2.77 bits per heavy atom. The Balaban J connectivity index is 1.69. The van der Waals surface area contributed by atoms with Crippen molar-refractivity contribution in [3.63, 3.8) is 0 Å². The van der Waals surface area contributed by atoms with Gasteiger partial charge in [0.25, 0.3) is 0 Å². The molecule has 0 fully saturated rings. The second-order valence-electron chi connectivity index (χ2n) is 5.16. The topological polar surface area (TPSA) is 43.6 Å². The first-order chi connectivity index (χ1) is 10.7. The van der Waals surface area contributed by atoms with E-state index in [1.54, 1.807) is 11.3 Å². The van der Waals surface area contributed by atoms with Crippen LogP contribution >= 0.6 is 27.3 Å². The second kappa shape index (κ2) is 7.15. The van der Waals surface area contributed by atoms with Crippen LogP contribution in [0.25, 0.3) is 10.6 Å². The molecule has 114 valence electrons. The first kappa shape index (κ1) is 15.4. The van der Waals surface area contributed by atoms with E-state index in [0.29, 0.717) is 6.54 Å². The normalized spacial score (nSPS) is 11.0. The number of aromatic nitrogens is 4. The number of hydrogen-bond donors (Lipinski definition) is 0. The fourth-order valence-corrected chi connectivity index (χ4v) is 3.24. The van der Waals surface area contributed by atoms with Gasteiger partial charge in [0.15, 0.2) is 0 Å². The standard InChI is InChI=1S/C16H17BrN4S/c1-2-3-4-14-9-21(20-19-14)10-15-11-22-16(18-15)12-5-7-13(17)8-6-12/h5-9,11H,2-4,10H2,1H3. The van der Waals surface area contributed by atoms with Crippen molar-refractivity contribution in [1.29, 1.82) is 0 Å². The Bertz CT molecular complexity index is 733. The number of halogens is 1. The van der Waals surface area contributed by atoms with E-state index in [2.05, 4.69) is 50.7 Å². The van der Waals surface area contributed by atoms with E-state index in [-0.39, 0.29) is 0 Å². The first-order valence-electron chi connectivity index (χ1n) is 7.34. The fraction of sp³-hybridized carbons (Fsp3) is 0.312. The number of hydrogen-bond acceptors (Lipinski definition) is 4. The third kappa shape index (κ3) is 3.81. The maximum absolute atomic E-state index is 4.69. The molecule has 4 nitrogen and oxygen atoms in total. The van der Waals surface area contributed by atoms with Crippen molar-refractivity contribution in [3.8, 4) is 10.6 Å². The molecule has 22 heavy (non-hydrogen) atoms. The molecular weight excluding hydrogens is 360 g/mol. The van der Waals surface area contributed by atoms with Crippen LogP contribution in [0.2, 0.25) is 0 Å². The zero-order chi connectivity index (χ0) is 15.4. The molecule has 0 amide bonds. The second-order valence-corrected chi connectivity index (χ2v) is 6.94. The summed E-state index contributed by atoms with van der Waals surface area (Å²) in [6.45, 7) is 2.86. The number of nitrogens with zero attached hydrogens (tertiary/aromatic N) is 4. The van der Waals surface area contributed by atoms with Crippen molar-refractivity contribution in [1.82, 2.24) is 20.0 Å². The third-order valence-electron chi connectivity index (χ3n) is 3.34. The highest BCUT2D eigenvalue weighted by molar-refractivity contribution is 9.10. The number of benzene rings is 1. The molecule has 0 radical (unpaired) electrons. The van der Waals surface area contributed by atoms with Crippen LogP contribution < -0.4 is 0 Å². The zero-order valence-corrected chi connectivity index (χ0v) is 14.8. The van der Waals surface area contributed by atoms with Gasteiger partial charge in [0.05, 0.1) is 17.9 Å². The lowest BCUT2D eigenvalue weighted by Gasteiger charge is -1.97. The predicted octanol–water partition coefficient (Wildman–Crippen LogP) is 4.56. The molecule has 2 aromatic heterocycles. The van der Waals surface area contributed by atoms with Gasteiger partial charge in [0.2, 0.25) is 0 Å². The van der Waals surface area contributed by atoms with Gasteiger partial charge in [-0.3, -0.25) is 0 Å². The van der Waals surface area contributed by atoms with Crippen LogP contribution in [0.4, 0.5) is 0 Å². The summed E-state index contributed by atoms with van der Waals surface area (Å²) in [4.78, 5) is 4.69. The van der Waals surface area contributed by atoms with Crippen molar-refractivity contribution >= 4 is 27.3 Å². The van der Waals surface area contributed by atoms with Gasteiger partial charge in [-0.1, -0.05) is 46.6 Å². The lowest BCUT2D eigenvalue weighted by Crippen LogP contribution is -2.00. The van der Waals surface area contributed by atoms with Crippen molar-refractivity contribution in [2.75, 3.05) is 0 Å². The molecule has 0 aliphatic rings. The quantitative estimate of drug-likeness (QED) is 0.633. The molecule has 3 aromatic rings. The molecular formula is C16H17BrN4S. The van der Waals surface area contributed by atoms with Gasteiger partial charge >= 0.3 is 0 Å². The van der Waals surface area contributed by atoms with E-state index in [0.717, 1.165) is 39.3 Å². The van der Waals surface area contributed by atoms with Crippen LogP contribution in [0.5, 0.6) is 0 Å². The Hall–Kier alpha value is -1.53. The SMILES string of the molecule is CCCCc1cn(Cc2csc(-c3ccc(Br)cc3)n2)nn1. The van der Waals surface area contributed by atoms with E-state index < -0.39 is 0 Å². The summed E-state index contributed by atoms with van der Waals surface area (Å²) in [5, 5.41) is 11.5. The van der Waals surface area contributed by atoms with Crippen LogP contribution in [0.15, 0.2) is 40.3 Å². The number of thiazole rings is 1. The molecule has 0 spiro atoms. The minimum Gasteiger partial charge on any atom is -0.246 e. The summed E-state index contributed by atoms with van der Waals surface area (Å²) in [7, 11) is 0. The summed E-state index contributed by atoms with van der Waals surface area (Å²) in [6.07, 6.45) is 5.35. The third-order valence-corrected chi connectivity index (χ3v) is 4.81. The molecule has 0 bridgehead atoms. The van der Waals surface area contributed by atoms with Crippen LogP contribution in [0.3, 0.4) is 0 Å².